The summed E-state index contributed by atoms with van der Waals surface area (Å²) in [5.41, 5.74) is 2.53. The number of nitrogens with zero attached hydrogens (tertiary/aromatic N) is 1. The molecule has 0 saturated carbocycles. The van der Waals surface area contributed by atoms with Crippen molar-refractivity contribution >= 4 is 12.2 Å². The maximum absolute atomic E-state index is 12.9. The number of quaternary nitrogens is 1. The standard InChI is InChI=1S/C21H21N3O4S/c1-27-13-7-8-16(28-2)15(11-13)24-20(26)17(19(25)23-21(24)29)18-14-6-4-3-5-12(14)9-10-22-18/h3-8,11,18,22,26H,9-10H2,1-2H3,(H,23,25,29)/p+1/t18-/m0/s1. The van der Waals surface area contributed by atoms with Gasteiger partial charge in [0.05, 0.1) is 26.5 Å². The second kappa shape index (κ2) is 7.73. The molecule has 1 aliphatic rings. The van der Waals surface area contributed by atoms with Crippen LogP contribution in [0.4, 0.5) is 0 Å². The average molecular weight is 412 g/mol. The summed E-state index contributed by atoms with van der Waals surface area (Å²) >= 11 is 5.38. The van der Waals surface area contributed by atoms with Crippen LogP contribution in [-0.4, -0.2) is 35.4 Å². The number of rotatable bonds is 4. The van der Waals surface area contributed by atoms with E-state index >= 15 is 0 Å². The molecule has 0 saturated heterocycles. The molecule has 29 heavy (non-hydrogen) atoms. The lowest BCUT2D eigenvalue weighted by Gasteiger charge is -2.25. The predicted molar refractivity (Wildman–Crippen MR) is 111 cm³/mol. The summed E-state index contributed by atoms with van der Waals surface area (Å²) in [7, 11) is 3.08. The lowest BCUT2D eigenvalue weighted by atomic mass is 9.90. The highest BCUT2D eigenvalue weighted by molar-refractivity contribution is 7.71. The van der Waals surface area contributed by atoms with Gasteiger partial charge in [0.1, 0.15) is 23.1 Å². The van der Waals surface area contributed by atoms with Crippen LogP contribution in [0.5, 0.6) is 17.4 Å². The van der Waals surface area contributed by atoms with E-state index in [9.17, 15) is 9.90 Å². The molecule has 2 heterocycles. The lowest BCUT2D eigenvalue weighted by molar-refractivity contribution is -0.690. The average Bonchev–Trinajstić information content (AvgIpc) is 2.73. The Morgan fingerprint density at radius 2 is 2.00 bits per heavy atom. The molecular formula is C21H22N3O4S+. The van der Waals surface area contributed by atoms with Gasteiger partial charge in [-0.25, -0.2) is 0 Å². The number of fused-ring (bicyclic) bond motifs is 1. The number of aromatic hydroxyl groups is 1. The fourth-order valence-electron chi connectivity index (χ4n) is 3.88. The van der Waals surface area contributed by atoms with E-state index in [2.05, 4.69) is 16.4 Å². The number of aromatic nitrogens is 2. The van der Waals surface area contributed by atoms with Crippen molar-refractivity contribution in [1.82, 2.24) is 9.55 Å². The van der Waals surface area contributed by atoms with Crippen LogP contribution in [0.2, 0.25) is 0 Å². The first-order valence-corrected chi connectivity index (χ1v) is 9.67. The van der Waals surface area contributed by atoms with Crippen LogP contribution < -0.4 is 20.3 Å². The van der Waals surface area contributed by atoms with Crippen molar-refractivity contribution in [3.05, 3.63) is 74.3 Å². The van der Waals surface area contributed by atoms with Gasteiger partial charge in [-0.3, -0.25) is 14.3 Å². The molecule has 1 aromatic heterocycles. The van der Waals surface area contributed by atoms with Crippen LogP contribution in [-0.2, 0) is 6.42 Å². The normalized spacial score (nSPS) is 15.6. The highest BCUT2D eigenvalue weighted by atomic mass is 32.1. The summed E-state index contributed by atoms with van der Waals surface area (Å²) in [6.45, 7) is 0.818. The molecule has 0 unspecified atom stereocenters. The van der Waals surface area contributed by atoms with Crippen molar-refractivity contribution in [1.29, 1.82) is 0 Å². The molecular weight excluding hydrogens is 390 g/mol. The van der Waals surface area contributed by atoms with Crippen LogP contribution >= 0.6 is 12.2 Å². The van der Waals surface area contributed by atoms with Crippen LogP contribution in [0, 0.1) is 4.77 Å². The van der Waals surface area contributed by atoms with E-state index in [1.165, 1.54) is 17.2 Å². The number of hydrogen-bond acceptors (Lipinski definition) is 5. The van der Waals surface area contributed by atoms with E-state index < -0.39 is 5.56 Å². The summed E-state index contributed by atoms with van der Waals surface area (Å²) in [5.74, 6) is 0.857. The van der Waals surface area contributed by atoms with Gasteiger partial charge in [-0.2, -0.15) is 0 Å². The first-order chi connectivity index (χ1) is 14.0. The molecule has 0 spiro atoms. The molecule has 0 bridgehead atoms. The number of H-pyrrole nitrogens is 1. The minimum Gasteiger partial charge on any atom is -0.497 e. The number of nitrogens with one attached hydrogen (secondary N) is 1. The van der Waals surface area contributed by atoms with E-state index in [1.807, 2.05) is 18.2 Å². The second-order valence-electron chi connectivity index (χ2n) is 6.82. The molecule has 7 nitrogen and oxygen atoms in total. The van der Waals surface area contributed by atoms with Crippen LogP contribution in [0.3, 0.4) is 0 Å². The molecule has 150 valence electrons. The zero-order valence-corrected chi connectivity index (χ0v) is 17.0. The Morgan fingerprint density at radius 3 is 2.76 bits per heavy atom. The Kier molecular flexibility index (Phi) is 5.12. The molecule has 1 atom stereocenters. The summed E-state index contributed by atoms with van der Waals surface area (Å²) < 4.78 is 12.2. The quantitative estimate of drug-likeness (QED) is 0.569. The van der Waals surface area contributed by atoms with E-state index in [0.29, 0.717) is 17.2 Å². The third-order valence-electron chi connectivity index (χ3n) is 5.27. The fourth-order valence-corrected chi connectivity index (χ4v) is 4.16. The smallest absolute Gasteiger partial charge is 0.265 e. The van der Waals surface area contributed by atoms with Gasteiger partial charge in [0.15, 0.2) is 4.77 Å². The fraction of sp³-hybridized carbons (Fsp3) is 0.238. The van der Waals surface area contributed by atoms with Gasteiger partial charge in [0.25, 0.3) is 5.56 Å². The third-order valence-corrected chi connectivity index (χ3v) is 5.55. The molecule has 0 radical (unpaired) electrons. The van der Waals surface area contributed by atoms with Gasteiger partial charge >= 0.3 is 0 Å². The highest BCUT2D eigenvalue weighted by Gasteiger charge is 2.31. The summed E-state index contributed by atoms with van der Waals surface area (Å²) in [4.78, 5) is 15.6. The topological polar surface area (TPSA) is 93.1 Å². The van der Waals surface area contributed by atoms with Crippen molar-refractivity contribution in [3.63, 3.8) is 0 Å². The van der Waals surface area contributed by atoms with Gasteiger partial charge in [-0.05, 0) is 29.9 Å². The Hall–Kier alpha value is -3.10. The Labute approximate surface area is 172 Å². The molecule has 0 fully saturated rings. The van der Waals surface area contributed by atoms with E-state index in [4.69, 9.17) is 21.7 Å². The molecule has 3 aromatic rings. The first kappa shape index (κ1) is 19.2. The molecule has 4 rings (SSSR count). The number of methoxy groups -OCH3 is 2. The summed E-state index contributed by atoms with van der Waals surface area (Å²) in [5, 5.41) is 13.3. The number of benzene rings is 2. The SMILES string of the molecule is COc1ccc(OC)c(-n2c(O)c([C@H]3[NH2+]CCc4ccccc43)c(=O)[nH]c2=S)c1. The largest absolute Gasteiger partial charge is 0.497 e. The second-order valence-corrected chi connectivity index (χ2v) is 7.21. The Bertz CT molecular complexity index is 1190. The van der Waals surface area contributed by atoms with E-state index in [-0.39, 0.29) is 22.3 Å². The van der Waals surface area contributed by atoms with Crippen LogP contribution in [0.15, 0.2) is 47.3 Å². The van der Waals surface area contributed by atoms with Crippen molar-refractivity contribution in [3.8, 4) is 23.1 Å². The molecule has 8 heteroatoms. The van der Waals surface area contributed by atoms with Crippen molar-refractivity contribution in [2.75, 3.05) is 20.8 Å². The van der Waals surface area contributed by atoms with Crippen LogP contribution in [0.1, 0.15) is 22.7 Å². The maximum atomic E-state index is 12.9. The molecule has 2 aromatic carbocycles. The van der Waals surface area contributed by atoms with Gasteiger partial charge in [0.2, 0.25) is 5.88 Å². The molecule has 4 N–H and O–H groups in total. The number of ether oxygens (including phenoxy) is 2. The van der Waals surface area contributed by atoms with E-state index in [1.54, 1.807) is 25.3 Å². The minimum atomic E-state index is -0.399. The predicted octanol–water partition coefficient (Wildman–Crippen LogP) is 1.83. The molecule has 0 aliphatic carbocycles. The van der Waals surface area contributed by atoms with Gasteiger partial charge in [-0.1, -0.05) is 24.3 Å². The zero-order valence-electron chi connectivity index (χ0n) is 16.1. The minimum absolute atomic E-state index is 0.0758. The maximum Gasteiger partial charge on any atom is 0.265 e. The zero-order chi connectivity index (χ0) is 20.5. The molecule has 0 amide bonds. The summed E-state index contributed by atoms with van der Waals surface area (Å²) in [6.07, 6.45) is 0.911. The Balaban J connectivity index is 1.97. The lowest BCUT2D eigenvalue weighted by Crippen LogP contribution is -2.87. The monoisotopic (exact) mass is 412 g/mol. The number of aromatic amines is 1. The highest BCUT2D eigenvalue weighted by Crippen LogP contribution is 2.34. The van der Waals surface area contributed by atoms with Crippen molar-refractivity contribution < 1.29 is 19.9 Å². The number of nitrogens with two attached hydrogens (primary N) is 1. The third kappa shape index (κ3) is 3.30. The van der Waals surface area contributed by atoms with Crippen molar-refractivity contribution in [2.24, 2.45) is 0 Å². The number of hydrogen-bond donors (Lipinski definition) is 3. The molecule has 1 aliphatic heterocycles. The summed E-state index contributed by atoms with van der Waals surface area (Å²) in [6, 6.07) is 12.8. The van der Waals surface area contributed by atoms with Gasteiger partial charge in [0, 0.05) is 18.1 Å². The van der Waals surface area contributed by atoms with E-state index in [0.717, 1.165) is 18.5 Å². The van der Waals surface area contributed by atoms with Crippen LogP contribution in [0.25, 0.3) is 5.69 Å². The Morgan fingerprint density at radius 1 is 1.21 bits per heavy atom. The van der Waals surface area contributed by atoms with Crippen molar-refractivity contribution in [2.45, 2.75) is 12.5 Å². The first-order valence-electron chi connectivity index (χ1n) is 9.27. The van der Waals surface area contributed by atoms with Gasteiger partial charge in [-0.15, -0.1) is 0 Å². The van der Waals surface area contributed by atoms with Gasteiger partial charge < -0.3 is 19.9 Å².